The average Bonchev–Trinajstić information content (AvgIpc) is 2.14. The van der Waals surface area contributed by atoms with Gasteiger partial charge in [-0.05, 0) is 32.9 Å². The first-order chi connectivity index (χ1) is 5.29. The van der Waals surface area contributed by atoms with Crippen molar-refractivity contribution in [2.24, 2.45) is 0 Å². The second kappa shape index (κ2) is 4.73. The summed E-state index contributed by atoms with van der Waals surface area (Å²) in [5.74, 6) is 0. The van der Waals surface area contributed by atoms with Crippen molar-refractivity contribution in [3.63, 3.8) is 0 Å². The highest BCUT2D eigenvalue weighted by Crippen LogP contribution is 2.09. The van der Waals surface area contributed by atoms with Crippen LogP contribution in [0.25, 0.3) is 0 Å². The van der Waals surface area contributed by atoms with E-state index in [4.69, 9.17) is 5.11 Å². The van der Waals surface area contributed by atoms with Crippen molar-refractivity contribution < 1.29 is 5.11 Å². The number of hydrogen-bond acceptors (Lipinski definition) is 2. The first-order valence-electron chi connectivity index (χ1n) is 4.69. The predicted octanol–water partition coefficient (Wildman–Crippen LogP) is 1.24. The Hall–Kier alpha value is -0.0800. The second-order valence-corrected chi connectivity index (χ2v) is 3.56. The van der Waals surface area contributed by atoms with Gasteiger partial charge in [0, 0.05) is 6.54 Å². The van der Waals surface area contributed by atoms with E-state index in [0.717, 1.165) is 6.54 Å². The molecule has 1 rings (SSSR count). The van der Waals surface area contributed by atoms with Crippen LogP contribution in [-0.2, 0) is 0 Å². The molecule has 1 fully saturated rings. The van der Waals surface area contributed by atoms with Gasteiger partial charge in [-0.3, -0.25) is 0 Å². The third-order valence-electron chi connectivity index (χ3n) is 2.22. The molecule has 0 aliphatic carbocycles. The highest BCUT2D eigenvalue weighted by atomic mass is 16.3. The third-order valence-corrected chi connectivity index (χ3v) is 2.22. The molecule has 0 aromatic rings. The summed E-state index contributed by atoms with van der Waals surface area (Å²) in [5.41, 5.74) is 0. The standard InChI is InChI=1S/C9H19NO/c1-9(11)8-10-6-4-2-3-5-7-10/h9,11H,2-8H2,1H3/t9-/m1/s1. The molecule has 0 aromatic heterocycles. The molecule has 1 atom stereocenters. The van der Waals surface area contributed by atoms with Gasteiger partial charge in [0.1, 0.15) is 0 Å². The SMILES string of the molecule is C[C@@H](O)CN1CCCCCC1. The van der Waals surface area contributed by atoms with Crippen molar-refractivity contribution >= 4 is 0 Å². The van der Waals surface area contributed by atoms with Gasteiger partial charge in [0.05, 0.1) is 6.10 Å². The van der Waals surface area contributed by atoms with Gasteiger partial charge in [0.25, 0.3) is 0 Å². The molecule has 0 unspecified atom stereocenters. The van der Waals surface area contributed by atoms with E-state index < -0.39 is 0 Å². The fraction of sp³-hybridized carbons (Fsp3) is 1.00. The monoisotopic (exact) mass is 157 g/mol. The molecule has 11 heavy (non-hydrogen) atoms. The Morgan fingerprint density at radius 1 is 1.18 bits per heavy atom. The molecule has 1 aliphatic heterocycles. The first-order valence-corrected chi connectivity index (χ1v) is 4.69. The zero-order valence-electron chi connectivity index (χ0n) is 7.42. The van der Waals surface area contributed by atoms with Gasteiger partial charge < -0.3 is 10.0 Å². The molecule has 1 aliphatic rings. The van der Waals surface area contributed by atoms with Crippen molar-refractivity contribution in [1.29, 1.82) is 0 Å². The third kappa shape index (κ3) is 3.73. The Bertz CT molecular complexity index is 95.7. The first kappa shape index (κ1) is 9.01. The molecule has 0 bridgehead atoms. The molecule has 2 heteroatoms. The minimum Gasteiger partial charge on any atom is -0.392 e. The van der Waals surface area contributed by atoms with Crippen LogP contribution < -0.4 is 0 Å². The van der Waals surface area contributed by atoms with Crippen LogP contribution in [0.5, 0.6) is 0 Å². The predicted molar refractivity (Wildman–Crippen MR) is 46.6 cm³/mol. The van der Waals surface area contributed by atoms with Crippen molar-refractivity contribution in [2.75, 3.05) is 19.6 Å². The van der Waals surface area contributed by atoms with Gasteiger partial charge in [-0.2, -0.15) is 0 Å². The Morgan fingerprint density at radius 3 is 2.18 bits per heavy atom. The Labute approximate surface area is 69.2 Å². The second-order valence-electron chi connectivity index (χ2n) is 3.56. The van der Waals surface area contributed by atoms with Crippen molar-refractivity contribution in [2.45, 2.75) is 38.7 Å². The Balaban J connectivity index is 2.20. The summed E-state index contributed by atoms with van der Waals surface area (Å²) in [6.45, 7) is 5.10. The largest absolute Gasteiger partial charge is 0.392 e. The van der Waals surface area contributed by atoms with E-state index in [1.807, 2.05) is 6.92 Å². The zero-order chi connectivity index (χ0) is 8.10. The number of hydrogen-bond donors (Lipinski definition) is 1. The summed E-state index contributed by atoms with van der Waals surface area (Å²) in [4.78, 5) is 2.37. The van der Waals surface area contributed by atoms with Crippen LogP contribution in [0.4, 0.5) is 0 Å². The highest BCUT2D eigenvalue weighted by molar-refractivity contribution is 4.65. The topological polar surface area (TPSA) is 23.5 Å². The highest BCUT2D eigenvalue weighted by Gasteiger charge is 2.09. The van der Waals surface area contributed by atoms with Crippen LogP contribution in [0, 0.1) is 0 Å². The van der Waals surface area contributed by atoms with E-state index >= 15 is 0 Å². The smallest absolute Gasteiger partial charge is 0.0639 e. The molecule has 0 aromatic carbocycles. The van der Waals surface area contributed by atoms with Crippen LogP contribution in [-0.4, -0.2) is 35.7 Å². The van der Waals surface area contributed by atoms with E-state index in [1.54, 1.807) is 0 Å². The van der Waals surface area contributed by atoms with Crippen molar-refractivity contribution in [3.05, 3.63) is 0 Å². The lowest BCUT2D eigenvalue weighted by molar-refractivity contribution is 0.129. The van der Waals surface area contributed by atoms with Gasteiger partial charge in [-0.1, -0.05) is 12.8 Å². The molecular weight excluding hydrogens is 138 g/mol. The van der Waals surface area contributed by atoms with E-state index in [9.17, 15) is 0 Å². The van der Waals surface area contributed by atoms with E-state index in [-0.39, 0.29) is 6.10 Å². The lowest BCUT2D eigenvalue weighted by atomic mass is 10.2. The molecule has 0 spiro atoms. The van der Waals surface area contributed by atoms with E-state index in [0.29, 0.717) is 0 Å². The maximum atomic E-state index is 9.15. The van der Waals surface area contributed by atoms with Crippen LogP contribution in [0.15, 0.2) is 0 Å². The summed E-state index contributed by atoms with van der Waals surface area (Å²) in [7, 11) is 0. The number of nitrogens with zero attached hydrogens (tertiary/aromatic N) is 1. The molecule has 1 heterocycles. The average molecular weight is 157 g/mol. The minimum atomic E-state index is -0.159. The van der Waals surface area contributed by atoms with Gasteiger partial charge in [0.15, 0.2) is 0 Å². The Morgan fingerprint density at radius 2 is 1.73 bits per heavy atom. The van der Waals surface area contributed by atoms with Gasteiger partial charge in [0.2, 0.25) is 0 Å². The summed E-state index contributed by atoms with van der Waals surface area (Å²) in [6.07, 6.45) is 5.21. The molecular formula is C9H19NO. The molecule has 0 saturated carbocycles. The summed E-state index contributed by atoms with van der Waals surface area (Å²) >= 11 is 0. The van der Waals surface area contributed by atoms with Crippen LogP contribution in [0.3, 0.4) is 0 Å². The maximum Gasteiger partial charge on any atom is 0.0639 e. The normalized spacial score (nSPS) is 24.5. The number of likely N-dealkylation sites (tertiary alicyclic amines) is 1. The fourth-order valence-electron chi connectivity index (χ4n) is 1.69. The molecule has 66 valence electrons. The van der Waals surface area contributed by atoms with Crippen LogP contribution >= 0.6 is 0 Å². The van der Waals surface area contributed by atoms with Gasteiger partial charge >= 0.3 is 0 Å². The Kier molecular flexibility index (Phi) is 3.87. The molecule has 1 saturated heterocycles. The maximum absolute atomic E-state index is 9.15. The van der Waals surface area contributed by atoms with Crippen molar-refractivity contribution in [1.82, 2.24) is 4.90 Å². The lowest BCUT2D eigenvalue weighted by Gasteiger charge is -2.20. The van der Waals surface area contributed by atoms with Gasteiger partial charge in [-0.15, -0.1) is 0 Å². The fourth-order valence-corrected chi connectivity index (χ4v) is 1.69. The number of aliphatic hydroxyl groups is 1. The lowest BCUT2D eigenvalue weighted by Crippen LogP contribution is -2.31. The van der Waals surface area contributed by atoms with E-state index in [1.165, 1.54) is 38.8 Å². The summed E-state index contributed by atoms with van der Waals surface area (Å²) in [5, 5.41) is 9.15. The number of β-amino-alcohol motifs (C(OH)–C–C–N with tert-alkyl or cyclic N) is 1. The zero-order valence-corrected chi connectivity index (χ0v) is 7.42. The van der Waals surface area contributed by atoms with Crippen LogP contribution in [0.1, 0.15) is 32.6 Å². The number of aliphatic hydroxyl groups excluding tert-OH is 1. The molecule has 0 radical (unpaired) electrons. The minimum absolute atomic E-state index is 0.159. The molecule has 2 nitrogen and oxygen atoms in total. The summed E-state index contributed by atoms with van der Waals surface area (Å²) < 4.78 is 0. The number of rotatable bonds is 2. The van der Waals surface area contributed by atoms with E-state index in [2.05, 4.69) is 4.90 Å². The molecule has 1 N–H and O–H groups in total. The molecule has 0 amide bonds. The van der Waals surface area contributed by atoms with Crippen molar-refractivity contribution in [3.8, 4) is 0 Å². The van der Waals surface area contributed by atoms with Crippen LogP contribution in [0.2, 0.25) is 0 Å². The summed E-state index contributed by atoms with van der Waals surface area (Å²) in [6, 6.07) is 0. The van der Waals surface area contributed by atoms with Gasteiger partial charge in [-0.25, -0.2) is 0 Å². The quantitative estimate of drug-likeness (QED) is 0.652.